The van der Waals surface area contributed by atoms with Gasteiger partial charge in [0.15, 0.2) is 0 Å². The molecule has 0 aromatic carbocycles. The van der Waals surface area contributed by atoms with Gasteiger partial charge in [-0.2, -0.15) is 0 Å². The van der Waals surface area contributed by atoms with Crippen molar-refractivity contribution in [1.82, 2.24) is 24.5 Å². The van der Waals surface area contributed by atoms with Gasteiger partial charge in [0.1, 0.15) is 0 Å². The number of rotatable bonds is 6. The average Bonchev–Trinajstić information content (AvgIpc) is 3.39. The highest BCUT2D eigenvalue weighted by molar-refractivity contribution is 5.91. The van der Waals surface area contributed by atoms with Crippen molar-refractivity contribution in [3.63, 3.8) is 0 Å². The molecule has 1 fully saturated rings. The third kappa shape index (κ3) is 3.80. The lowest BCUT2D eigenvalue weighted by Crippen LogP contribution is -2.45. The van der Waals surface area contributed by atoms with Crippen molar-refractivity contribution in [3.05, 3.63) is 50.1 Å². The van der Waals surface area contributed by atoms with Gasteiger partial charge in [0.2, 0.25) is 5.76 Å². The zero-order valence-corrected chi connectivity index (χ0v) is 16.8. The van der Waals surface area contributed by atoms with Crippen LogP contribution in [-0.2, 0) is 20.6 Å². The van der Waals surface area contributed by atoms with E-state index < -0.39 is 11.2 Å². The van der Waals surface area contributed by atoms with Gasteiger partial charge in [-0.05, 0) is 19.4 Å². The Bertz CT molecular complexity index is 967. The van der Waals surface area contributed by atoms with Gasteiger partial charge in [0.05, 0.1) is 17.8 Å². The number of aryl methyl sites for hydroxylation is 1. The van der Waals surface area contributed by atoms with Crippen LogP contribution in [0, 0.1) is 0 Å². The van der Waals surface area contributed by atoms with Crippen LogP contribution in [0.3, 0.4) is 0 Å². The second kappa shape index (κ2) is 8.14. The molecule has 2 atom stereocenters. The van der Waals surface area contributed by atoms with E-state index >= 15 is 0 Å². The molecule has 152 valence electrons. The van der Waals surface area contributed by atoms with Gasteiger partial charge < -0.3 is 19.3 Å². The van der Waals surface area contributed by atoms with Crippen molar-refractivity contribution >= 4 is 5.91 Å². The van der Waals surface area contributed by atoms with Gasteiger partial charge in [-0.25, -0.2) is 4.79 Å². The highest BCUT2D eigenvalue weighted by atomic mass is 16.5. The predicted molar refractivity (Wildman–Crippen MR) is 103 cm³/mol. The van der Waals surface area contributed by atoms with E-state index in [1.807, 2.05) is 13.8 Å². The number of nitrogens with one attached hydrogen (secondary N) is 1. The highest BCUT2D eigenvalue weighted by Gasteiger charge is 2.31. The van der Waals surface area contributed by atoms with Gasteiger partial charge >= 0.3 is 5.69 Å². The lowest BCUT2D eigenvalue weighted by Gasteiger charge is -2.27. The lowest BCUT2D eigenvalue weighted by atomic mass is 10.1. The first kappa shape index (κ1) is 20.1. The number of hydrogen-bond donors (Lipinski definition) is 1. The fourth-order valence-corrected chi connectivity index (χ4v) is 3.42. The second-order valence-corrected chi connectivity index (χ2v) is 7.42. The zero-order valence-electron chi connectivity index (χ0n) is 16.8. The minimum absolute atomic E-state index is 0.0633. The molecule has 9 nitrogen and oxygen atoms in total. The summed E-state index contributed by atoms with van der Waals surface area (Å²) in [5, 5.41) is 7.28. The van der Waals surface area contributed by atoms with E-state index in [2.05, 4.69) is 10.5 Å². The molecule has 0 radical (unpaired) electrons. The van der Waals surface area contributed by atoms with E-state index in [1.54, 1.807) is 18.0 Å². The molecule has 1 N–H and O–H groups in total. The molecule has 3 heterocycles. The summed E-state index contributed by atoms with van der Waals surface area (Å²) in [4.78, 5) is 39.3. The van der Waals surface area contributed by atoms with E-state index in [0.29, 0.717) is 12.1 Å². The summed E-state index contributed by atoms with van der Waals surface area (Å²) >= 11 is 0. The van der Waals surface area contributed by atoms with E-state index in [9.17, 15) is 14.4 Å². The summed E-state index contributed by atoms with van der Waals surface area (Å²) in [5.74, 6) is 0.0679. The number of aromatic nitrogens is 3. The normalized spacial score (nSPS) is 17.6. The summed E-state index contributed by atoms with van der Waals surface area (Å²) in [6, 6.07) is 1.62. The fourth-order valence-electron chi connectivity index (χ4n) is 3.42. The number of amides is 1. The number of carbonyl (C=O) groups excluding carboxylic acids is 1. The van der Waals surface area contributed by atoms with Gasteiger partial charge in [-0.1, -0.05) is 19.0 Å². The summed E-state index contributed by atoms with van der Waals surface area (Å²) in [6.07, 6.45) is 3.17. The summed E-state index contributed by atoms with van der Waals surface area (Å²) in [7, 11) is 3.02. The van der Waals surface area contributed by atoms with Crippen LogP contribution < -0.4 is 16.6 Å². The molecule has 28 heavy (non-hydrogen) atoms. The van der Waals surface area contributed by atoms with Crippen molar-refractivity contribution in [1.29, 1.82) is 0 Å². The standard InChI is InChI=1S/C19H27N5O4/c1-5-12(2)15-8-16(28-21-15)18(26)24(14-6-7-20-9-14)11-13-10-22(3)19(27)23(4)17(13)25/h8,10,12,14,20H,5-7,9,11H2,1-4H3/t12-,14+/m0/s1. The Kier molecular flexibility index (Phi) is 5.83. The van der Waals surface area contributed by atoms with Crippen LogP contribution in [0.4, 0.5) is 0 Å². The van der Waals surface area contributed by atoms with Crippen molar-refractivity contribution in [2.24, 2.45) is 14.1 Å². The van der Waals surface area contributed by atoms with Crippen molar-refractivity contribution in [2.45, 2.75) is 45.2 Å². The third-order valence-corrected chi connectivity index (χ3v) is 5.45. The Morgan fingerprint density at radius 3 is 2.82 bits per heavy atom. The Hall–Kier alpha value is -2.68. The van der Waals surface area contributed by atoms with Crippen molar-refractivity contribution in [2.75, 3.05) is 13.1 Å². The van der Waals surface area contributed by atoms with Crippen LogP contribution >= 0.6 is 0 Å². The fraction of sp³-hybridized carbons (Fsp3) is 0.579. The van der Waals surface area contributed by atoms with Crippen LogP contribution in [0.15, 0.2) is 26.4 Å². The maximum atomic E-state index is 13.2. The lowest BCUT2D eigenvalue weighted by molar-refractivity contribution is 0.0631. The molecule has 2 aromatic heterocycles. The number of hydrogen-bond acceptors (Lipinski definition) is 6. The molecule has 0 unspecified atom stereocenters. The molecule has 2 aromatic rings. The van der Waals surface area contributed by atoms with Gasteiger partial charge in [0, 0.05) is 44.9 Å². The van der Waals surface area contributed by atoms with E-state index in [0.717, 1.165) is 29.6 Å². The Balaban J connectivity index is 1.94. The van der Waals surface area contributed by atoms with Crippen molar-refractivity contribution < 1.29 is 9.32 Å². The van der Waals surface area contributed by atoms with E-state index in [1.165, 1.54) is 17.8 Å². The summed E-state index contributed by atoms with van der Waals surface area (Å²) < 4.78 is 7.73. The predicted octanol–water partition coefficient (Wildman–Crippen LogP) is 0.590. The van der Waals surface area contributed by atoms with Crippen LogP contribution in [0.1, 0.15) is 54.4 Å². The number of carbonyl (C=O) groups is 1. The van der Waals surface area contributed by atoms with Gasteiger partial charge in [-0.3, -0.25) is 14.2 Å². The molecular formula is C19H27N5O4. The Morgan fingerprint density at radius 2 is 2.18 bits per heavy atom. The Morgan fingerprint density at radius 1 is 1.43 bits per heavy atom. The molecule has 0 spiro atoms. The first-order valence-electron chi connectivity index (χ1n) is 9.57. The quantitative estimate of drug-likeness (QED) is 0.776. The maximum Gasteiger partial charge on any atom is 0.330 e. The van der Waals surface area contributed by atoms with E-state index in [-0.39, 0.29) is 30.2 Å². The minimum Gasteiger partial charge on any atom is -0.351 e. The topological polar surface area (TPSA) is 102 Å². The first-order valence-corrected chi connectivity index (χ1v) is 9.57. The highest BCUT2D eigenvalue weighted by Crippen LogP contribution is 2.21. The van der Waals surface area contributed by atoms with Crippen LogP contribution in [-0.4, -0.2) is 44.2 Å². The zero-order chi connectivity index (χ0) is 20.4. The maximum absolute atomic E-state index is 13.2. The first-order chi connectivity index (χ1) is 13.3. The molecule has 1 aliphatic rings. The molecule has 1 saturated heterocycles. The molecule has 9 heteroatoms. The third-order valence-electron chi connectivity index (χ3n) is 5.45. The minimum atomic E-state index is -0.400. The molecule has 3 rings (SSSR count). The molecular weight excluding hydrogens is 362 g/mol. The van der Waals surface area contributed by atoms with Crippen LogP contribution in [0.5, 0.6) is 0 Å². The van der Waals surface area contributed by atoms with Crippen LogP contribution in [0.25, 0.3) is 0 Å². The number of nitrogens with zero attached hydrogens (tertiary/aromatic N) is 4. The molecule has 1 amide bonds. The van der Waals surface area contributed by atoms with Gasteiger partial charge in [0.25, 0.3) is 11.5 Å². The van der Waals surface area contributed by atoms with Crippen molar-refractivity contribution in [3.8, 4) is 0 Å². The smallest absolute Gasteiger partial charge is 0.330 e. The summed E-state index contributed by atoms with van der Waals surface area (Å²) in [5.41, 5.74) is 0.326. The SMILES string of the molecule is CC[C@H](C)c1cc(C(=O)N(Cc2cn(C)c(=O)n(C)c2=O)[C@@H]2CCNC2)on1. The second-order valence-electron chi connectivity index (χ2n) is 7.42. The Labute approximate surface area is 162 Å². The summed E-state index contributed by atoms with van der Waals surface area (Å²) in [6.45, 7) is 5.62. The largest absolute Gasteiger partial charge is 0.351 e. The monoisotopic (exact) mass is 389 g/mol. The van der Waals surface area contributed by atoms with E-state index in [4.69, 9.17) is 4.52 Å². The van der Waals surface area contributed by atoms with Crippen LogP contribution in [0.2, 0.25) is 0 Å². The molecule has 1 aliphatic heterocycles. The molecule has 0 saturated carbocycles. The molecule has 0 aliphatic carbocycles. The average molecular weight is 389 g/mol. The van der Waals surface area contributed by atoms with Gasteiger partial charge in [-0.15, -0.1) is 0 Å². The molecule has 0 bridgehead atoms.